The van der Waals surface area contributed by atoms with Crippen LogP contribution in [0.1, 0.15) is 39.2 Å². The van der Waals surface area contributed by atoms with Crippen LogP contribution in [-0.4, -0.2) is 53.1 Å². The maximum Gasteiger partial charge on any atom is 0.330 e. The fourth-order valence-corrected chi connectivity index (χ4v) is 3.62. The number of H-pyrrole nitrogens is 1. The molecule has 0 spiro atoms. The molecule has 2 aromatic rings. The molecule has 0 atom stereocenters. The van der Waals surface area contributed by atoms with Gasteiger partial charge in [0.15, 0.2) is 5.69 Å². The first kappa shape index (κ1) is 26.8. The van der Waals surface area contributed by atoms with Gasteiger partial charge in [0.1, 0.15) is 5.82 Å². The summed E-state index contributed by atoms with van der Waals surface area (Å²) in [6.45, 7) is 7.13. The van der Waals surface area contributed by atoms with E-state index in [1.54, 1.807) is 4.90 Å². The van der Waals surface area contributed by atoms with Gasteiger partial charge in [0.05, 0.1) is 6.61 Å². The molecule has 0 aliphatic carbocycles. The number of ether oxygens (including phenoxy) is 1. The fourth-order valence-electron chi connectivity index (χ4n) is 3.62. The van der Waals surface area contributed by atoms with Crippen LogP contribution in [0.15, 0.2) is 39.9 Å². The van der Waals surface area contributed by atoms with Crippen molar-refractivity contribution in [3.05, 3.63) is 56.7 Å². The molecular formula is C24H35N5O5. The van der Waals surface area contributed by atoms with E-state index in [-0.39, 0.29) is 55.9 Å². The van der Waals surface area contributed by atoms with Crippen LogP contribution in [0.5, 0.6) is 0 Å². The zero-order valence-corrected chi connectivity index (χ0v) is 20.4. The third-order valence-electron chi connectivity index (χ3n) is 5.36. The van der Waals surface area contributed by atoms with E-state index < -0.39 is 17.2 Å². The quantitative estimate of drug-likeness (QED) is 0.481. The standard InChI is InChI=1S/C24H35N5O5/c1-5-27(16-18-9-7-6-8-10-18)19(30)11-12-20(31)28(13-14-34-4)21-22(25)29(15-17(2)3)24(33)26-23(21)32/h6-10,17H,5,11-16,25H2,1-4H3,(H,26,32,33). The average molecular weight is 474 g/mol. The Bertz CT molecular complexity index is 1080. The predicted octanol–water partition coefficient (Wildman–Crippen LogP) is 1.58. The molecule has 1 heterocycles. The zero-order valence-electron chi connectivity index (χ0n) is 20.4. The predicted molar refractivity (Wildman–Crippen MR) is 132 cm³/mol. The number of nitrogens with zero attached hydrogens (tertiary/aromatic N) is 3. The van der Waals surface area contributed by atoms with Gasteiger partial charge in [0, 0.05) is 46.1 Å². The monoisotopic (exact) mass is 473 g/mol. The summed E-state index contributed by atoms with van der Waals surface area (Å²) in [4.78, 5) is 56.0. The van der Waals surface area contributed by atoms with E-state index >= 15 is 0 Å². The summed E-state index contributed by atoms with van der Waals surface area (Å²) in [5.41, 5.74) is 5.70. The van der Waals surface area contributed by atoms with E-state index in [4.69, 9.17) is 10.5 Å². The number of aromatic nitrogens is 2. The topological polar surface area (TPSA) is 131 Å². The summed E-state index contributed by atoms with van der Waals surface area (Å²) in [6.07, 6.45) is -0.136. The van der Waals surface area contributed by atoms with E-state index in [2.05, 4.69) is 4.98 Å². The molecule has 1 aromatic carbocycles. The maximum atomic E-state index is 13.2. The summed E-state index contributed by atoms with van der Waals surface area (Å²) in [5.74, 6) is -0.618. The van der Waals surface area contributed by atoms with Gasteiger partial charge in [-0.1, -0.05) is 44.2 Å². The molecule has 10 heteroatoms. The minimum Gasteiger partial charge on any atom is -0.383 e. The Morgan fingerprint density at radius 1 is 1.12 bits per heavy atom. The van der Waals surface area contributed by atoms with Gasteiger partial charge in [-0.15, -0.1) is 0 Å². The molecule has 2 amide bonds. The number of hydrogen-bond acceptors (Lipinski definition) is 6. The Morgan fingerprint density at radius 3 is 2.35 bits per heavy atom. The van der Waals surface area contributed by atoms with Crippen LogP contribution in [0.2, 0.25) is 0 Å². The number of hydrogen-bond donors (Lipinski definition) is 2. The number of benzene rings is 1. The number of aromatic amines is 1. The lowest BCUT2D eigenvalue weighted by Crippen LogP contribution is -2.43. The first-order valence-corrected chi connectivity index (χ1v) is 11.4. The highest BCUT2D eigenvalue weighted by Crippen LogP contribution is 2.19. The lowest BCUT2D eigenvalue weighted by atomic mass is 10.2. The van der Waals surface area contributed by atoms with E-state index in [1.165, 1.54) is 16.6 Å². The molecule has 0 unspecified atom stereocenters. The van der Waals surface area contributed by atoms with Crippen molar-refractivity contribution >= 4 is 23.3 Å². The van der Waals surface area contributed by atoms with Gasteiger partial charge in [-0.05, 0) is 18.4 Å². The second-order valence-electron chi connectivity index (χ2n) is 8.43. The summed E-state index contributed by atoms with van der Waals surface area (Å²) in [6, 6.07) is 9.60. The van der Waals surface area contributed by atoms with Gasteiger partial charge in [-0.2, -0.15) is 0 Å². The maximum absolute atomic E-state index is 13.2. The fraction of sp³-hybridized carbons (Fsp3) is 0.500. The molecule has 0 fully saturated rings. The van der Waals surface area contributed by atoms with Crippen LogP contribution in [0, 0.1) is 5.92 Å². The van der Waals surface area contributed by atoms with E-state index in [9.17, 15) is 19.2 Å². The Hall–Kier alpha value is -3.40. The van der Waals surface area contributed by atoms with Gasteiger partial charge >= 0.3 is 5.69 Å². The highest BCUT2D eigenvalue weighted by atomic mass is 16.5. The largest absolute Gasteiger partial charge is 0.383 e. The molecule has 0 saturated carbocycles. The van der Waals surface area contributed by atoms with Crippen LogP contribution in [0.25, 0.3) is 0 Å². The molecule has 2 rings (SSSR count). The molecule has 0 aliphatic rings. The van der Waals surface area contributed by atoms with Gasteiger partial charge < -0.3 is 20.3 Å². The molecule has 0 saturated heterocycles. The van der Waals surface area contributed by atoms with Crippen LogP contribution >= 0.6 is 0 Å². The molecule has 3 N–H and O–H groups in total. The first-order valence-electron chi connectivity index (χ1n) is 11.4. The molecule has 186 valence electrons. The number of nitrogens with two attached hydrogens (primary N) is 1. The normalized spacial score (nSPS) is 11.0. The number of nitrogen functional groups attached to an aromatic ring is 1. The zero-order chi connectivity index (χ0) is 25.3. The van der Waals surface area contributed by atoms with Crippen LogP contribution < -0.4 is 21.9 Å². The number of carbonyl (C=O) groups excluding carboxylic acids is 2. The van der Waals surface area contributed by atoms with Crippen LogP contribution in [0.3, 0.4) is 0 Å². The number of amides is 2. The number of anilines is 2. The SMILES string of the molecule is CCN(Cc1ccccc1)C(=O)CCC(=O)N(CCOC)c1c(N)n(CC(C)C)c(=O)[nH]c1=O. The van der Waals surface area contributed by atoms with Crippen molar-refractivity contribution in [2.75, 3.05) is 37.4 Å². The highest BCUT2D eigenvalue weighted by Gasteiger charge is 2.25. The molecule has 0 bridgehead atoms. The van der Waals surface area contributed by atoms with Crippen molar-refractivity contribution in [3.63, 3.8) is 0 Å². The molecule has 34 heavy (non-hydrogen) atoms. The Balaban J connectivity index is 2.24. The lowest BCUT2D eigenvalue weighted by molar-refractivity contribution is -0.133. The van der Waals surface area contributed by atoms with Gasteiger partial charge in [0.25, 0.3) is 5.56 Å². The Labute approximate surface area is 199 Å². The third kappa shape index (κ3) is 7.05. The minimum atomic E-state index is -0.752. The molecule has 10 nitrogen and oxygen atoms in total. The van der Waals surface area contributed by atoms with Crippen molar-refractivity contribution in [1.29, 1.82) is 0 Å². The van der Waals surface area contributed by atoms with Crippen LogP contribution in [0.4, 0.5) is 11.5 Å². The van der Waals surface area contributed by atoms with Crippen molar-refractivity contribution in [3.8, 4) is 0 Å². The number of rotatable bonds is 12. The smallest absolute Gasteiger partial charge is 0.330 e. The average Bonchev–Trinajstić information content (AvgIpc) is 2.80. The second kappa shape index (κ2) is 12.7. The summed E-state index contributed by atoms with van der Waals surface area (Å²) in [5, 5.41) is 0. The number of methoxy groups -OCH3 is 1. The van der Waals surface area contributed by atoms with E-state index in [0.717, 1.165) is 5.56 Å². The van der Waals surface area contributed by atoms with Crippen LogP contribution in [-0.2, 0) is 27.4 Å². The summed E-state index contributed by atoms with van der Waals surface area (Å²) >= 11 is 0. The number of carbonyl (C=O) groups is 2. The molecule has 0 radical (unpaired) electrons. The van der Waals surface area contributed by atoms with Crippen molar-refractivity contribution in [2.45, 2.75) is 46.7 Å². The minimum absolute atomic E-state index is 0.0214. The number of nitrogens with one attached hydrogen (secondary N) is 1. The van der Waals surface area contributed by atoms with Gasteiger partial charge in [-0.25, -0.2) is 4.79 Å². The van der Waals surface area contributed by atoms with Gasteiger partial charge in [0.2, 0.25) is 11.8 Å². The van der Waals surface area contributed by atoms with E-state index in [1.807, 2.05) is 51.1 Å². The third-order valence-corrected chi connectivity index (χ3v) is 5.36. The van der Waals surface area contributed by atoms with Gasteiger partial charge in [-0.3, -0.25) is 23.9 Å². The summed E-state index contributed by atoms with van der Waals surface area (Å²) < 4.78 is 6.35. The summed E-state index contributed by atoms with van der Waals surface area (Å²) in [7, 11) is 1.47. The Morgan fingerprint density at radius 2 is 1.76 bits per heavy atom. The van der Waals surface area contributed by atoms with Crippen molar-refractivity contribution < 1.29 is 14.3 Å². The second-order valence-corrected chi connectivity index (χ2v) is 8.43. The Kier molecular flexibility index (Phi) is 10.1. The molecule has 1 aromatic heterocycles. The van der Waals surface area contributed by atoms with E-state index in [0.29, 0.717) is 13.1 Å². The highest BCUT2D eigenvalue weighted by molar-refractivity contribution is 5.97. The van der Waals surface area contributed by atoms with Crippen molar-refractivity contribution in [1.82, 2.24) is 14.5 Å². The molecular weight excluding hydrogens is 438 g/mol. The first-order chi connectivity index (χ1) is 16.2. The van der Waals surface area contributed by atoms with Crippen molar-refractivity contribution in [2.24, 2.45) is 5.92 Å². The molecule has 0 aliphatic heterocycles. The lowest BCUT2D eigenvalue weighted by Gasteiger charge is -2.25.